The van der Waals surface area contributed by atoms with Gasteiger partial charge >= 0.3 is 5.63 Å². The monoisotopic (exact) mass is 449 g/mol. The summed E-state index contributed by atoms with van der Waals surface area (Å²) in [5.74, 6) is 1.50. The van der Waals surface area contributed by atoms with Gasteiger partial charge in [0.1, 0.15) is 23.7 Å². The number of thioether (sulfide) groups is 1. The number of nitrogens with zero attached hydrogens (tertiary/aromatic N) is 2. The highest BCUT2D eigenvalue weighted by Crippen LogP contribution is 2.32. The molecule has 0 atom stereocenters. The second-order valence-corrected chi connectivity index (χ2v) is 7.77. The van der Waals surface area contributed by atoms with Crippen molar-refractivity contribution in [2.24, 2.45) is 0 Å². The number of hydrogen-bond acceptors (Lipinski definition) is 7. The number of halogens is 2. The van der Waals surface area contributed by atoms with E-state index in [9.17, 15) is 9.90 Å². The molecular formula is C19H13Cl2N3O4S. The van der Waals surface area contributed by atoms with Crippen LogP contribution in [0.4, 0.5) is 0 Å². The molecule has 0 amide bonds. The smallest absolute Gasteiger partial charge is 0.336 e. The first-order chi connectivity index (χ1) is 14.0. The number of ether oxygens (including phenoxy) is 1. The second kappa shape index (κ2) is 8.36. The molecule has 0 saturated heterocycles. The minimum Gasteiger partial charge on any atom is -0.506 e. The molecule has 0 spiro atoms. The van der Waals surface area contributed by atoms with Gasteiger partial charge in [0.15, 0.2) is 5.82 Å². The Balaban J connectivity index is 1.45. The van der Waals surface area contributed by atoms with Crippen LogP contribution in [-0.4, -0.2) is 20.3 Å². The van der Waals surface area contributed by atoms with E-state index >= 15 is 0 Å². The van der Waals surface area contributed by atoms with Crippen LogP contribution in [0.15, 0.2) is 56.8 Å². The van der Waals surface area contributed by atoms with Gasteiger partial charge in [0, 0.05) is 28.3 Å². The predicted molar refractivity (Wildman–Crippen MR) is 111 cm³/mol. The minimum atomic E-state index is -0.512. The van der Waals surface area contributed by atoms with E-state index in [4.69, 9.17) is 32.4 Å². The molecule has 2 N–H and O–H groups in total. The highest BCUT2D eigenvalue weighted by atomic mass is 35.5. The first-order valence-corrected chi connectivity index (χ1v) is 10.1. The number of hydrogen-bond donors (Lipinski definition) is 2. The fourth-order valence-corrected chi connectivity index (χ4v) is 3.69. The summed E-state index contributed by atoms with van der Waals surface area (Å²) in [5.41, 5.74) is 0.454. The fraction of sp³-hybridized carbons (Fsp3) is 0.105. The predicted octanol–water partition coefficient (Wildman–Crippen LogP) is 4.79. The molecule has 0 aliphatic carbocycles. The minimum absolute atomic E-state index is 0.147. The molecule has 4 aromatic rings. The van der Waals surface area contributed by atoms with Crippen molar-refractivity contribution >= 4 is 45.9 Å². The van der Waals surface area contributed by atoms with E-state index in [1.165, 1.54) is 23.9 Å². The number of phenols is 1. The summed E-state index contributed by atoms with van der Waals surface area (Å²) < 4.78 is 10.8. The SMILES string of the molecule is O=c1cc(CSc2n[nH]c(COc3ccc(Cl)cc3)n2)c2cc(Cl)c(O)cc2o1. The molecule has 0 aliphatic rings. The van der Waals surface area contributed by atoms with Crippen molar-refractivity contribution in [3.05, 3.63) is 74.3 Å². The van der Waals surface area contributed by atoms with Crippen LogP contribution < -0.4 is 10.4 Å². The molecule has 0 unspecified atom stereocenters. The molecule has 148 valence electrons. The third-order valence-electron chi connectivity index (χ3n) is 3.95. The molecule has 4 rings (SSSR count). The average Bonchev–Trinajstić information content (AvgIpc) is 3.15. The van der Waals surface area contributed by atoms with Crippen LogP contribution in [-0.2, 0) is 12.4 Å². The maximum absolute atomic E-state index is 11.8. The molecule has 10 heteroatoms. The molecule has 0 radical (unpaired) electrons. The third-order valence-corrected chi connectivity index (χ3v) is 5.41. The van der Waals surface area contributed by atoms with Crippen LogP contribution in [0.2, 0.25) is 10.0 Å². The molecule has 0 saturated carbocycles. The van der Waals surface area contributed by atoms with E-state index in [0.29, 0.717) is 38.5 Å². The fourth-order valence-electron chi connectivity index (χ4n) is 2.59. The first kappa shape index (κ1) is 19.6. The van der Waals surface area contributed by atoms with Crippen LogP contribution in [0.1, 0.15) is 11.4 Å². The van der Waals surface area contributed by atoms with E-state index in [1.807, 2.05) is 0 Å². The van der Waals surface area contributed by atoms with E-state index in [0.717, 1.165) is 0 Å². The van der Waals surface area contributed by atoms with Crippen LogP contribution in [0.25, 0.3) is 11.0 Å². The average molecular weight is 450 g/mol. The molecule has 29 heavy (non-hydrogen) atoms. The van der Waals surface area contributed by atoms with E-state index in [-0.39, 0.29) is 23.0 Å². The molecule has 0 fully saturated rings. The van der Waals surface area contributed by atoms with Crippen molar-refractivity contribution in [3.63, 3.8) is 0 Å². The number of H-pyrrole nitrogens is 1. The van der Waals surface area contributed by atoms with Gasteiger partial charge in [0.05, 0.1) is 5.02 Å². The quantitative estimate of drug-likeness (QED) is 0.322. The Hall–Kier alpha value is -2.68. The lowest BCUT2D eigenvalue weighted by Gasteiger charge is -2.05. The van der Waals surface area contributed by atoms with Gasteiger partial charge < -0.3 is 14.3 Å². The van der Waals surface area contributed by atoms with Gasteiger partial charge in [0.25, 0.3) is 0 Å². The summed E-state index contributed by atoms with van der Waals surface area (Å²) in [6, 6.07) is 11.3. The Bertz CT molecular complexity index is 1220. The van der Waals surface area contributed by atoms with Gasteiger partial charge in [-0.1, -0.05) is 35.0 Å². The molecule has 2 heterocycles. The Morgan fingerprint density at radius 3 is 2.76 bits per heavy atom. The summed E-state index contributed by atoms with van der Waals surface area (Å²) in [6.07, 6.45) is 0. The molecule has 7 nitrogen and oxygen atoms in total. The standard InChI is InChI=1S/C19H13Cl2N3O4S/c20-11-1-3-12(4-2-11)27-8-17-22-19(24-23-17)29-9-10-5-18(26)28-16-7-15(25)14(21)6-13(10)16/h1-7,25H,8-9H2,(H,22,23,24). The van der Waals surface area contributed by atoms with E-state index in [2.05, 4.69) is 15.2 Å². The zero-order chi connectivity index (χ0) is 20.4. The molecule has 2 aromatic heterocycles. The summed E-state index contributed by atoms with van der Waals surface area (Å²) >= 11 is 13.2. The van der Waals surface area contributed by atoms with Crippen molar-refractivity contribution in [1.29, 1.82) is 0 Å². The van der Waals surface area contributed by atoms with Crippen LogP contribution in [0.3, 0.4) is 0 Å². The normalized spacial score (nSPS) is 11.1. The van der Waals surface area contributed by atoms with Gasteiger partial charge in [-0.2, -0.15) is 0 Å². The van der Waals surface area contributed by atoms with Crippen molar-refractivity contribution in [3.8, 4) is 11.5 Å². The largest absolute Gasteiger partial charge is 0.506 e. The summed E-state index contributed by atoms with van der Waals surface area (Å²) in [5, 5.41) is 18.6. The molecule has 2 aromatic carbocycles. The number of fused-ring (bicyclic) bond motifs is 1. The highest BCUT2D eigenvalue weighted by Gasteiger charge is 2.12. The van der Waals surface area contributed by atoms with Crippen molar-refractivity contribution in [2.45, 2.75) is 17.5 Å². The first-order valence-electron chi connectivity index (χ1n) is 8.35. The van der Waals surface area contributed by atoms with Gasteiger partial charge in [0.2, 0.25) is 5.16 Å². The van der Waals surface area contributed by atoms with Crippen molar-refractivity contribution < 1.29 is 14.3 Å². The summed E-state index contributed by atoms with van der Waals surface area (Å²) in [7, 11) is 0. The van der Waals surface area contributed by atoms with Gasteiger partial charge in [-0.3, -0.25) is 5.10 Å². The maximum Gasteiger partial charge on any atom is 0.336 e. The molecule has 0 aliphatic heterocycles. The van der Waals surface area contributed by atoms with Crippen molar-refractivity contribution in [1.82, 2.24) is 15.2 Å². The Morgan fingerprint density at radius 2 is 1.97 bits per heavy atom. The Morgan fingerprint density at radius 1 is 1.17 bits per heavy atom. The number of benzene rings is 2. The number of aromatic amines is 1. The second-order valence-electron chi connectivity index (χ2n) is 5.99. The third kappa shape index (κ3) is 4.67. The number of nitrogens with one attached hydrogen (secondary N) is 1. The van der Waals surface area contributed by atoms with Crippen molar-refractivity contribution in [2.75, 3.05) is 0 Å². The number of aromatic nitrogens is 3. The van der Waals surface area contributed by atoms with E-state index < -0.39 is 5.63 Å². The van der Waals surface area contributed by atoms with E-state index in [1.54, 1.807) is 30.3 Å². The van der Waals surface area contributed by atoms with Crippen LogP contribution >= 0.6 is 35.0 Å². The maximum atomic E-state index is 11.8. The number of phenolic OH excluding ortho intramolecular Hbond substituents is 1. The summed E-state index contributed by atoms with van der Waals surface area (Å²) in [4.78, 5) is 16.2. The molecular weight excluding hydrogens is 437 g/mol. The zero-order valence-electron chi connectivity index (χ0n) is 14.7. The van der Waals surface area contributed by atoms with Gasteiger partial charge in [-0.15, -0.1) is 5.10 Å². The number of rotatable bonds is 6. The van der Waals surface area contributed by atoms with Crippen LogP contribution in [0.5, 0.6) is 11.5 Å². The summed E-state index contributed by atoms with van der Waals surface area (Å²) in [6.45, 7) is 0.224. The topological polar surface area (TPSA) is 101 Å². The zero-order valence-corrected chi connectivity index (χ0v) is 17.0. The lowest BCUT2D eigenvalue weighted by atomic mass is 10.1. The highest BCUT2D eigenvalue weighted by molar-refractivity contribution is 7.98. The lowest BCUT2D eigenvalue weighted by Crippen LogP contribution is -2.00. The number of aromatic hydroxyl groups is 1. The Kier molecular flexibility index (Phi) is 5.66. The van der Waals surface area contributed by atoms with Crippen LogP contribution in [0, 0.1) is 0 Å². The van der Waals surface area contributed by atoms with Gasteiger partial charge in [-0.25, -0.2) is 9.78 Å². The van der Waals surface area contributed by atoms with Gasteiger partial charge in [-0.05, 0) is 35.9 Å². The Labute approximate surface area is 178 Å². The lowest BCUT2D eigenvalue weighted by molar-refractivity contribution is 0.296. The molecule has 0 bridgehead atoms.